The number of oxazole rings is 1. The number of piperidine rings is 1. The molecule has 1 unspecified atom stereocenters. The van der Waals surface area contributed by atoms with Crippen LogP contribution in [0.15, 0.2) is 23.1 Å². The standard InChI is InChI=1S/C19H27N5O2/c1-14-4-8-22(9-5-14)11-16-6-10-24-17(3-7-21-24)12-23(16)19(25)18-15(2)20-13-26-18/h3,7,13-14,16H,4-6,8-12H2,1-2H3. The normalized spacial score (nSPS) is 22.2. The molecule has 4 rings (SSSR count). The molecule has 7 heteroatoms. The van der Waals surface area contributed by atoms with Crippen molar-refractivity contribution in [2.75, 3.05) is 19.6 Å². The second kappa shape index (κ2) is 7.23. The number of aryl methyl sites for hydroxylation is 2. The van der Waals surface area contributed by atoms with E-state index in [4.69, 9.17) is 4.42 Å². The second-order valence-electron chi connectivity index (χ2n) is 7.67. The predicted molar refractivity (Wildman–Crippen MR) is 96.6 cm³/mol. The number of rotatable bonds is 3. The number of fused-ring (bicyclic) bond motifs is 1. The summed E-state index contributed by atoms with van der Waals surface area (Å²) in [6.07, 6.45) is 6.54. The highest BCUT2D eigenvalue weighted by molar-refractivity contribution is 5.92. The van der Waals surface area contributed by atoms with Gasteiger partial charge in [-0.3, -0.25) is 9.48 Å². The van der Waals surface area contributed by atoms with E-state index >= 15 is 0 Å². The van der Waals surface area contributed by atoms with Crippen molar-refractivity contribution >= 4 is 5.91 Å². The minimum Gasteiger partial charge on any atom is -0.438 e. The predicted octanol–water partition coefficient (Wildman–Crippen LogP) is 2.33. The van der Waals surface area contributed by atoms with Crippen molar-refractivity contribution in [3.63, 3.8) is 0 Å². The van der Waals surface area contributed by atoms with Gasteiger partial charge in [0.2, 0.25) is 5.76 Å². The lowest BCUT2D eigenvalue weighted by Gasteiger charge is -2.36. The van der Waals surface area contributed by atoms with Gasteiger partial charge in [0, 0.05) is 25.3 Å². The molecule has 0 aliphatic carbocycles. The van der Waals surface area contributed by atoms with Gasteiger partial charge in [0.15, 0.2) is 6.39 Å². The number of aromatic nitrogens is 3. The molecule has 0 radical (unpaired) electrons. The van der Waals surface area contributed by atoms with Crippen LogP contribution >= 0.6 is 0 Å². The summed E-state index contributed by atoms with van der Waals surface area (Å²) in [6.45, 7) is 8.70. The van der Waals surface area contributed by atoms with E-state index in [-0.39, 0.29) is 11.9 Å². The molecule has 2 aliphatic heterocycles. The first kappa shape index (κ1) is 17.3. The summed E-state index contributed by atoms with van der Waals surface area (Å²) in [7, 11) is 0. The first-order valence-corrected chi connectivity index (χ1v) is 9.56. The molecular weight excluding hydrogens is 330 g/mol. The zero-order chi connectivity index (χ0) is 18.1. The Hall–Kier alpha value is -2.15. The van der Waals surface area contributed by atoms with E-state index in [1.54, 1.807) is 0 Å². The number of hydrogen-bond donors (Lipinski definition) is 0. The summed E-state index contributed by atoms with van der Waals surface area (Å²) < 4.78 is 7.42. The van der Waals surface area contributed by atoms with E-state index in [9.17, 15) is 4.79 Å². The van der Waals surface area contributed by atoms with Crippen molar-refractivity contribution in [3.8, 4) is 0 Å². The molecule has 1 fully saturated rings. The molecule has 1 amide bonds. The monoisotopic (exact) mass is 357 g/mol. The molecule has 0 N–H and O–H groups in total. The molecule has 0 saturated carbocycles. The van der Waals surface area contributed by atoms with Gasteiger partial charge in [-0.15, -0.1) is 0 Å². The van der Waals surface area contributed by atoms with Gasteiger partial charge < -0.3 is 14.2 Å². The van der Waals surface area contributed by atoms with E-state index in [1.807, 2.05) is 28.8 Å². The minimum absolute atomic E-state index is 0.0648. The highest BCUT2D eigenvalue weighted by Crippen LogP contribution is 2.24. The maximum atomic E-state index is 13.2. The Kier molecular flexibility index (Phi) is 4.80. The highest BCUT2D eigenvalue weighted by atomic mass is 16.3. The third kappa shape index (κ3) is 3.40. The zero-order valence-electron chi connectivity index (χ0n) is 15.6. The number of carbonyl (C=O) groups excluding carboxylic acids is 1. The van der Waals surface area contributed by atoms with Crippen LogP contribution in [0.25, 0.3) is 0 Å². The van der Waals surface area contributed by atoms with Gasteiger partial charge in [-0.25, -0.2) is 4.98 Å². The fourth-order valence-corrected chi connectivity index (χ4v) is 4.03. The molecule has 2 aromatic rings. The highest BCUT2D eigenvalue weighted by Gasteiger charge is 2.33. The van der Waals surface area contributed by atoms with Crippen LogP contribution in [0.1, 0.15) is 48.1 Å². The lowest BCUT2D eigenvalue weighted by molar-refractivity contribution is 0.0544. The van der Waals surface area contributed by atoms with Crippen molar-refractivity contribution in [2.45, 2.75) is 52.2 Å². The maximum absolute atomic E-state index is 13.2. The summed E-state index contributed by atoms with van der Waals surface area (Å²) in [4.78, 5) is 21.8. The van der Waals surface area contributed by atoms with Gasteiger partial charge in [-0.05, 0) is 51.3 Å². The summed E-state index contributed by atoms with van der Waals surface area (Å²) in [5.74, 6) is 1.10. The van der Waals surface area contributed by atoms with Gasteiger partial charge >= 0.3 is 0 Å². The molecule has 26 heavy (non-hydrogen) atoms. The Balaban J connectivity index is 1.56. The molecule has 1 atom stereocenters. The van der Waals surface area contributed by atoms with Gasteiger partial charge in [-0.2, -0.15) is 5.10 Å². The third-order valence-corrected chi connectivity index (χ3v) is 5.80. The van der Waals surface area contributed by atoms with E-state index in [2.05, 4.69) is 21.9 Å². The molecule has 0 spiro atoms. The molecule has 1 saturated heterocycles. The van der Waals surface area contributed by atoms with Gasteiger partial charge in [0.1, 0.15) is 0 Å². The van der Waals surface area contributed by atoms with Crippen molar-refractivity contribution in [1.29, 1.82) is 0 Å². The van der Waals surface area contributed by atoms with E-state index in [0.29, 0.717) is 18.0 Å². The van der Waals surface area contributed by atoms with Crippen LogP contribution < -0.4 is 0 Å². The molecule has 7 nitrogen and oxygen atoms in total. The number of likely N-dealkylation sites (tertiary alicyclic amines) is 1. The molecule has 2 aromatic heterocycles. The minimum atomic E-state index is -0.0648. The van der Waals surface area contributed by atoms with E-state index < -0.39 is 0 Å². The molecule has 0 aromatic carbocycles. The van der Waals surface area contributed by atoms with Crippen LogP contribution in [0.3, 0.4) is 0 Å². The summed E-state index contributed by atoms with van der Waals surface area (Å²) in [6, 6.07) is 2.15. The topological polar surface area (TPSA) is 67.4 Å². The van der Waals surface area contributed by atoms with Crippen molar-refractivity contribution in [3.05, 3.63) is 35.8 Å². The van der Waals surface area contributed by atoms with Gasteiger partial charge in [0.25, 0.3) is 5.91 Å². The zero-order valence-corrected chi connectivity index (χ0v) is 15.6. The van der Waals surface area contributed by atoms with Crippen LogP contribution in [0.5, 0.6) is 0 Å². The fourth-order valence-electron chi connectivity index (χ4n) is 4.03. The summed E-state index contributed by atoms with van der Waals surface area (Å²) >= 11 is 0. The van der Waals surface area contributed by atoms with Gasteiger partial charge in [0.05, 0.1) is 17.9 Å². The molecule has 0 bridgehead atoms. The van der Waals surface area contributed by atoms with Crippen molar-refractivity contribution < 1.29 is 9.21 Å². The van der Waals surface area contributed by atoms with Gasteiger partial charge in [-0.1, -0.05) is 6.92 Å². The average molecular weight is 357 g/mol. The second-order valence-corrected chi connectivity index (χ2v) is 7.67. The lowest BCUT2D eigenvalue weighted by Crippen LogP contribution is -2.48. The molecule has 140 valence electrons. The van der Waals surface area contributed by atoms with Crippen LogP contribution in [0.4, 0.5) is 0 Å². The SMILES string of the molecule is Cc1ncoc1C(=O)N1Cc2ccnn2CCC1CN1CCC(C)CC1. The van der Waals surface area contributed by atoms with E-state index in [0.717, 1.165) is 44.2 Å². The van der Waals surface area contributed by atoms with Crippen molar-refractivity contribution in [2.24, 2.45) is 5.92 Å². The smallest absolute Gasteiger partial charge is 0.292 e. The quantitative estimate of drug-likeness (QED) is 0.843. The number of amides is 1. The largest absolute Gasteiger partial charge is 0.438 e. The van der Waals surface area contributed by atoms with Crippen LogP contribution in [-0.4, -0.2) is 56.1 Å². The number of carbonyl (C=O) groups is 1. The molecule has 4 heterocycles. The summed E-state index contributed by atoms with van der Waals surface area (Å²) in [5.41, 5.74) is 1.73. The fraction of sp³-hybridized carbons (Fsp3) is 0.632. The first-order chi connectivity index (χ1) is 12.6. The number of hydrogen-bond acceptors (Lipinski definition) is 5. The Morgan fingerprint density at radius 2 is 2.08 bits per heavy atom. The Morgan fingerprint density at radius 3 is 2.81 bits per heavy atom. The summed E-state index contributed by atoms with van der Waals surface area (Å²) in [5, 5.41) is 4.41. The number of nitrogens with zero attached hydrogens (tertiary/aromatic N) is 5. The molecule has 2 aliphatic rings. The Bertz CT molecular complexity index is 760. The Morgan fingerprint density at radius 1 is 1.27 bits per heavy atom. The van der Waals surface area contributed by atoms with Crippen LogP contribution in [0.2, 0.25) is 0 Å². The Labute approximate surface area is 154 Å². The van der Waals surface area contributed by atoms with Crippen molar-refractivity contribution in [1.82, 2.24) is 24.6 Å². The third-order valence-electron chi connectivity index (χ3n) is 5.80. The molecular formula is C19H27N5O2. The maximum Gasteiger partial charge on any atom is 0.292 e. The first-order valence-electron chi connectivity index (χ1n) is 9.56. The van der Waals surface area contributed by atoms with Crippen LogP contribution in [0, 0.1) is 12.8 Å². The van der Waals surface area contributed by atoms with E-state index in [1.165, 1.54) is 19.2 Å². The average Bonchev–Trinajstić information content (AvgIpc) is 3.23. The van der Waals surface area contributed by atoms with Crippen LogP contribution in [-0.2, 0) is 13.1 Å². The lowest BCUT2D eigenvalue weighted by atomic mass is 9.98.